The number of carbonyl (C=O) groups is 2. The lowest BCUT2D eigenvalue weighted by atomic mass is 10.0. The van der Waals surface area contributed by atoms with E-state index in [1.54, 1.807) is 42.9 Å². The van der Waals surface area contributed by atoms with Crippen LogP contribution < -0.4 is 15.0 Å². The fourth-order valence-corrected chi connectivity index (χ4v) is 4.72. The number of hydrogen-bond donors (Lipinski definition) is 2. The zero-order valence-electron chi connectivity index (χ0n) is 19.5. The molecule has 1 aromatic carbocycles. The third-order valence-corrected chi connectivity index (χ3v) is 6.69. The molecule has 3 aromatic rings. The molecule has 2 fully saturated rings. The number of aliphatic hydroxyl groups is 1. The van der Waals surface area contributed by atoms with Crippen LogP contribution in [0.15, 0.2) is 55.0 Å². The fraction of sp³-hybridized carbons (Fsp3) is 0.385. The van der Waals surface area contributed by atoms with Gasteiger partial charge in [-0.05, 0) is 49.2 Å². The van der Waals surface area contributed by atoms with Crippen molar-refractivity contribution >= 4 is 28.4 Å². The molecule has 2 saturated heterocycles. The number of rotatable bonds is 8. The van der Waals surface area contributed by atoms with E-state index in [1.165, 1.54) is 0 Å². The van der Waals surface area contributed by atoms with Crippen LogP contribution >= 0.6 is 0 Å². The quantitative estimate of drug-likeness (QED) is 0.513. The normalized spacial score (nSPS) is 20.0. The maximum Gasteiger partial charge on any atom is 0.251 e. The molecule has 0 aliphatic carbocycles. The predicted molar refractivity (Wildman–Crippen MR) is 131 cm³/mol. The highest BCUT2D eigenvalue weighted by Gasteiger charge is 2.37. The zero-order valence-corrected chi connectivity index (χ0v) is 19.5. The second kappa shape index (κ2) is 9.87. The van der Waals surface area contributed by atoms with Crippen LogP contribution in [0.2, 0.25) is 0 Å². The summed E-state index contributed by atoms with van der Waals surface area (Å²) in [5, 5.41) is 14.9. The Morgan fingerprint density at radius 2 is 2.00 bits per heavy atom. The average Bonchev–Trinajstić information content (AvgIpc) is 3.48. The molecule has 4 heterocycles. The standard InChI is InChI=1S/C26H29N5O4/c32-24-2-1-12-30(24)14-15-35-20-5-3-19(4-6-20)25(33)29-17-26(34)9-13-31(18-26)23-8-11-28-22-7-10-27-16-21(22)23/h3-8,10-11,16,34H,1-2,9,12-15,17-18H2,(H,29,33). The van der Waals surface area contributed by atoms with Gasteiger partial charge in [0.2, 0.25) is 5.91 Å². The van der Waals surface area contributed by atoms with Gasteiger partial charge in [-0.25, -0.2) is 0 Å². The highest BCUT2D eigenvalue weighted by molar-refractivity contribution is 5.94. The molecule has 0 spiro atoms. The van der Waals surface area contributed by atoms with Crippen molar-refractivity contribution in [3.05, 3.63) is 60.6 Å². The minimum atomic E-state index is -1.02. The van der Waals surface area contributed by atoms with Gasteiger partial charge in [-0.3, -0.25) is 19.6 Å². The zero-order chi connectivity index (χ0) is 24.3. The van der Waals surface area contributed by atoms with Gasteiger partial charge in [0, 0.05) is 67.8 Å². The van der Waals surface area contributed by atoms with E-state index in [0.29, 0.717) is 50.4 Å². The summed E-state index contributed by atoms with van der Waals surface area (Å²) in [5.41, 5.74) is 1.31. The van der Waals surface area contributed by atoms with Gasteiger partial charge >= 0.3 is 0 Å². The van der Waals surface area contributed by atoms with Crippen LogP contribution in [0.4, 0.5) is 5.69 Å². The first-order valence-corrected chi connectivity index (χ1v) is 12.0. The molecule has 5 rings (SSSR count). The molecule has 182 valence electrons. The van der Waals surface area contributed by atoms with Crippen molar-refractivity contribution in [2.75, 3.05) is 44.2 Å². The Balaban J connectivity index is 1.12. The Kier molecular flexibility index (Phi) is 6.50. The van der Waals surface area contributed by atoms with Crippen molar-refractivity contribution in [3.8, 4) is 5.75 Å². The summed E-state index contributed by atoms with van der Waals surface area (Å²) < 4.78 is 5.71. The maximum atomic E-state index is 12.7. The van der Waals surface area contributed by atoms with Gasteiger partial charge in [0.05, 0.1) is 12.1 Å². The van der Waals surface area contributed by atoms with Crippen LogP contribution in [0.5, 0.6) is 5.75 Å². The van der Waals surface area contributed by atoms with Crippen molar-refractivity contribution in [2.45, 2.75) is 24.9 Å². The van der Waals surface area contributed by atoms with Crippen molar-refractivity contribution in [1.82, 2.24) is 20.2 Å². The number of amides is 2. The number of aromatic nitrogens is 2. The van der Waals surface area contributed by atoms with Gasteiger partial charge in [0.15, 0.2) is 0 Å². The van der Waals surface area contributed by atoms with E-state index in [0.717, 1.165) is 29.6 Å². The molecule has 0 bridgehead atoms. The molecule has 2 aliphatic rings. The Morgan fingerprint density at radius 3 is 2.80 bits per heavy atom. The van der Waals surface area contributed by atoms with E-state index < -0.39 is 5.60 Å². The van der Waals surface area contributed by atoms with E-state index in [1.807, 2.05) is 17.0 Å². The Hall–Kier alpha value is -3.72. The van der Waals surface area contributed by atoms with Crippen LogP contribution in [0.25, 0.3) is 10.9 Å². The maximum absolute atomic E-state index is 12.7. The number of nitrogens with one attached hydrogen (secondary N) is 1. The van der Waals surface area contributed by atoms with Gasteiger partial charge in [0.1, 0.15) is 18.0 Å². The van der Waals surface area contributed by atoms with Crippen molar-refractivity contribution in [1.29, 1.82) is 0 Å². The number of ether oxygens (including phenoxy) is 1. The SMILES string of the molecule is O=C(NCC1(O)CCN(c2ccnc3ccncc23)C1)c1ccc(OCCN2CCCC2=O)cc1. The smallest absolute Gasteiger partial charge is 0.251 e. The molecular weight excluding hydrogens is 446 g/mol. The number of β-amino-alcohol motifs (C(OH)–C–C–N with tert-alkyl or cyclic N) is 1. The number of nitrogens with zero attached hydrogens (tertiary/aromatic N) is 4. The molecule has 2 amide bonds. The minimum absolute atomic E-state index is 0.158. The summed E-state index contributed by atoms with van der Waals surface area (Å²) >= 11 is 0. The van der Waals surface area contributed by atoms with E-state index >= 15 is 0 Å². The van der Waals surface area contributed by atoms with Crippen molar-refractivity contribution in [3.63, 3.8) is 0 Å². The number of carbonyl (C=O) groups excluding carboxylic acids is 2. The summed E-state index contributed by atoms with van der Waals surface area (Å²) in [7, 11) is 0. The molecule has 0 radical (unpaired) electrons. The van der Waals surface area contributed by atoms with Gasteiger partial charge < -0.3 is 25.0 Å². The van der Waals surface area contributed by atoms with Crippen LogP contribution in [0.3, 0.4) is 0 Å². The van der Waals surface area contributed by atoms with Crippen LogP contribution in [-0.4, -0.2) is 76.7 Å². The summed E-state index contributed by atoms with van der Waals surface area (Å²) in [5.74, 6) is 0.584. The Bertz CT molecular complexity index is 1210. The molecule has 35 heavy (non-hydrogen) atoms. The number of pyridine rings is 2. The van der Waals surface area contributed by atoms with E-state index in [4.69, 9.17) is 4.74 Å². The van der Waals surface area contributed by atoms with Crippen LogP contribution in [-0.2, 0) is 4.79 Å². The van der Waals surface area contributed by atoms with Crippen LogP contribution in [0.1, 0.15) is 29.6 Å². The monoisotopic (exact) mass is 475 g/mol. The number of anilines is 1. The number of fused-ring (bicyclic) bond motifs is 1. The van der Waals surface area contributed by atoms with Crippen molar-refractivity contribution in [2.24, 2.45) is 0 Å². The van der Waals surface area contributed by atoms with Gasteiger partial charge in [-0.15, -0.1) is 0 Å². The predicted octanol–water partition coefficient (Wildman–Crippen LogP) is 2.00. The van der Waals surface area contributed by atoms with E-state index in [9.17, 15) is 14.7 Å². The number of benzene rings is 1. The van der Waals surface area contributed by atoms with Gasteiger partial charge in [-0.2, -0.15) is 0 Å². The molecule has 1 atom stereocenters. The highest BCUT2D eigenvalue weighted by atomic mass is 16.5. The Labute approximate surface area is 203 Å². The highest BCUT2D eigenvalue weighted by Crippen LogP contribution is 2.31. The van der Waals surface area contributed by atoms with Crippen molar-refractivity contribution < 1.29 is 19.4 Å². The van der Waals surface area contributed by atoms with E-state index in [-0.39, 0.29) is 18.4 Å². The van der Waals surface area contributed by atoms with Crippen LogP contribution in [0, 0.1) is 0 Å². The molecule has 2 aliphatic heterocycles. The summed E-state index contributed by atoms with van der Waals surface area (Å²) in [6.45, 7) is 3.03. The third-order valence-electron chi connectivity index (χ3n) is 6.69. The summed E-state index contributed by atoms with van der Waals surface area (Å²) in [6.07, 6.45) is 7.34. The molecular formula is C26H29N5O4. The Morgan fingerprint density at radius 1 is 1.14 bits per heavy atom. The topological polar surface area (TPSA) is 108 Å². The van der Waals surface area contributed by atoms with Gasteiger partial charge in [0.25, 0.3) is 5.91 Å². The minimum Gasteiger partial charge on any atom is -0.492 e. The first-order chi connectivity index (χ1) is 17.0. The number of likely N-dealkylation sites (tertiary alicyclic amines) is 1. The second-order valence-electron chi connectivity index (χ2n) is 9.16. The largest absolute Gasteiger partial charge is 0.492 e. The fourth-order valence-electron chi connectivity index (χ4n) is 4.72. The molecule has 1 unspecified atom stereocenters. The lowest BCUT2D eigenvalue weighted by Crippen LogP contribution is -2.45. The summed E-state index contributed by atoms with van der Waals surface area (Å²) in [6, 6.07) is 10.7. The lowest BCUT2D eigenvalue weighted by Gasteiger charge is -2.25. The number of hydrogen-bond acceptors (Lipinski definition) is 7. The molecule has 2 aromatic heterocycles. The second-order valence-corrected chi connectivity index (χ2v) is 9.16. The molecule has 9 heteroatoms. The molecule has 9 nitrogen and oxygen atoms in total. The first-order valence-electron chi connectivity index (χ1n) is 12.0. The molecule has 2 N–H and O–H groups in total. The average molecular weight is 476 g/mol. The first kappa shape index (κ1) is 23.0. The van der Waals surface area contributed by atoms with E-state index in [2.05, 4.69) is 20.2 Å². The molecule has 0 saturated carbocycles. The third kappa shape index (κ3) is 5.19. The summed E-state index contributed by atoms with van der Waals surface area (Å²) in [4.78, 5) is 36.8. The van der Waals surface area contributed by atoms with Gasteiger partial charge in [-0.1, -0.05) is 0 Å². The lowest BCUT2D eigenvalue weighted by molar-refractivity contribution is -0.128.